The normalized spacial score (nSPS) is 23.6. The second-order valence-corrected chi connectivity index (χ2v) is 8.13. The number of aromatic hydroxyl groups is 1. The number of allylic oxidation sites excluding steroid dienone is 2. The molecule has 1 aliphatic carbocycles. The van der Waals surface area contributed by atoms with Gasteiger partial charge in [-0.2, -0.15) is 0 Å². The molecule has 2 rings (SSSR count). The SMILES string of the molecule is Oc1c(Br)cc(Br)cc1C1=CC(O)(Br)CC(Br)=C1. The molecule has 0 amide bonds. The number of alkyl halides is 1. The van der Waals surface area contributed by atoms with Gasteiger partial charge in [-0.3, -0.25) is 0 Å². The summed E-state index contributed by atoms with van der Waals surface area (Å²) < 4.78 is 1.20. The van der Waals surface area contributed by atoms with E-state index in [-0.39, 0.29) is 5.75 Å². The molecule has 2 nitrogen and oxygen atoms in total. The summed E-state index contributed by atoms with van der Waals surface area (Å²) in [4.78, 5) is 0. The molecule has 6 heteroatoms. The van der Waals surface area contributed by atoms with E-state index in [0.717, 1.165) is 14.5 Å². The van der Waals surface area contributed by atoms with Crippen LogP contribution in [0.4, 0.5) is 0 Å². The Hall–Kier alpha value is 0.380. The van der Waals surface area contributed by atoms with Crippen molar-refractivity contribution in [1.29, 1.82) is 0 Å². The van der Waals surface area contributed by atoms with Crippen molar-refractivity contribution in [3.05, 3.63) is 43.3 Å². The molecule has 18 heavy (non-hydrogen) atoms. The number of phenolic OH excluding ortho intramolecular Hbond substituents is 1. The first-order valence-corrected chi connectivity index (χ1v) is 8.14. The summed E-state index contributed by atoms with van der Waals surface area (Å²) in [5, 5.41) is 20.2. The van der Waals surface area contributed by atoms with Gasteiger partial charge in [-0.1, -0.05) is 31.9 Å². The lowest BCUT2D eigenvalue weighted by molar-refractivity contribution is 0.197. The smallest absolute Gasteiger partial charge is 0.143 e. The van der Waals surface area contributed by atoms with Gasteiger partial charge in [-0.15, -0.1) is 0 Å². The zero-order chi connectivity index (χ0) is 13.5. The molecule has 0 bridgehead atoms. The molecule has 0 aromatic heterocycles. The van der Waals surface area contributed by atoms with E-state index in [1.165, 1.54) is 0 Å². The van der Waals surface area contributed by atoms with Gasteiger partial charge < -0.3 is 10.2 Å². The van der Waals surface area contributed by atoms with Gasteiger partial charge in [0.15, 0.2) is 0 Å². The number of halogens is 4. The number of hydrogen-bond acceptors (Lipinski definition) is 2. The van der Waals surface area contributed by atoms with Crippen molar-refractivity contribution in [2.24, 2.45) is 0 Å². The summed E-state index contributed by atoms with van der Waals surface area (Å²) in [5.74, 6) is 0.145. The lowest BCUT2D eigenvalue weighted by Crippen LogP contribution is -2.19. The summed E-state index contributed by atoms with van der Waals surface area (Å²) >= 11 is 13.3. The van der Waals surface area contributed by atoms with Crippen LogP contribution < -0.4 is 0 Å². The monoisotopic (exact) mass is 500 g/mol. The summed E-state index contributed by atoms with van der Waals surface area (Å²) in [6, 6.07) is 3.57. The molecule has 2 N–H and O–H groups in total. The van der Waals surface area contributed by atoms with Gasteiger partial charge >= 0.3 is 0 Å². The second kappa shape index (κ2) is 5.40. The fourth-order valence-electron chi connectivity index (χ4n) is 1.73. The van der Waals surface area contributed by atoms with Crippen LogP contribution in [0, 0.1) is 0 Å². The minimum Gasteiger partial charge on any atom is -0.506 e. The van der Waals surface area contributed by atoms with Crippen LogP contribution in [0.25, 0.3) is 5.57 Å². The number of phenols is 1. The molecule has 1 atom stereocenters. The van der Waals surface area contributed by atoms with E-state index in [1.54, 1.807) is 18.2 Å². The summed E-state index contributed by atoms with van der Waals surface area (Å²) in [6.45, 7) is 0. The highest BCUT2D eigenvalue weighted by Crippen LogP contribution is 2.42. The average Bonchev–Trinajstić information content (AvgIpc) is 2.20. The molecule has 0 saturated heterocycles. The van der Waals surface area contributed by atoms with E-state index in [0.29, 0.717) is 16.5 Å². The highest BCUT2D eigenvalue weighted by Gasteiger charge is 2.26. The Morgan fingerprint density at radius 1 is 1.17 bits per heavy atom. The van der Waals surface area contributed by atoms with E-state index in [9.17, 15) is 10.2 Å². The van der Waals surface area contributed by atoms with Crippen molar-refractivity contribution in [2.45, 2.75) is 10.9 Å². The van der Waals surface area contributed by atoms with Crippen LogP contribution in [0.1, 0.15) is 12.0 Å². The molecule has 96 valence electrons. The fraction of sp³-hybridized carbons (Fsp3) is 0.167. The summed E-state index contributed by atoms with van der Waals surface area (Å²) in [6.07, 6.45) is 4.00. The van der Waals surface area contributed by atoms with Crippen LogP contribution in [-0.4, -0.2) is 14.7 Å². The Morgan fingerprint density at radius 2 is 1.83 bits per heavy atom. The predicted molar refractivity (Wildman–Crippen MR) is 87.0 cm³/mol. The molecule has 1 aromatic carbocycles. The summed E-state index contributed by atoms with van der Waals surface area (Å²) in [5.41, 5.74) is 1.39. The number of rotatable bonds is 1. The van der Waals surface area contributed by atoms with Gasteiger partial charge in [-0.05, 0) is 66.2 Å². The van der Waals surface area contributed by atoms with Gasteiger partial charge in [0.05, 0.1) is 4.47 Å². The van der Waals surface area contributed by atoms with Gasteiger partial charge in [0.1, 0.15) is 10.3 Å². The topological polar surface area (TPSA) is 40.5 Å². The van der Waals surface area contributed by atoms with Crippen LogP contribution in [-0.2, 0) is 0 Å². The largest absolute Gasteiger partial charge is 0.506 e. The molecule has 0 spiro atoms. The van der Waals surface area contributed by atoms with Crippen molar-refractivity contribution < 1.29 is 10.2 Å². The first-order chi connectivity index (χ1) is 8.28. The molecule has 0 saturated carbocycles. The zero-order valence-corrected chi connectivity index (χ0v) is 15.3. The lowest BCUT2D eigenvalue weighted by Gasteiger charge is -2.23. The molecular formula is C12H8Br4O2. The van der Waals surface area contributed by atoms with Crippen molar-refractivity contribution in [2.75, 3.05) is 0 Å². The standard InChI is InChI=1S/C12H8Br4O2/c13-7-2-9(11(17)10(15)3-7)6-1-8(14)5-12(16,18)4-6/h1-4,17-18H,5H2. The average molecular weight is 504 g/mol. The van der Waals surface area contributed by atoms with Crippen LogP contribution >= 0.6 is 63.7 Å². The van der Waals surface area contributed by atoms with Crippen LogP contribution in [0.3, 0.4) is 0 Å². The third-order valence-electron chi connectivity index (χ3n) is 2.44. The highest BCUT2D eigenvalue weighted by atomic mass is 79.9. The van der Waals surface area contributed by atoms with Gasteiger partial charge in [0, 0.05) is 16.5 Å². The van der Waals surface area contributed by atoms with Crippen molar-refractivity contribution in [1.82, 2.24) is 0 Å². The third kappa shape index (κ3) is 3.28. The van der Waals surface area contributed by atoms with E-state index in [2.05, 4.69) is 63.7 Å². The Labute approximate surface area is 138 Å². The van der Waals surface area contributed by atoms with Gasteiger partial charge in [0.25, 0.3) is 0 Å². The number of aliphatic hydroxyl groups is 1. The van der Waals surface area contributed by atoms with E-state index in [1.807, 2.05) is 6.08 Å². The zero-order valence-electron chi connectivity index (χ0n) is 8.92. The van der Waals surface area contributed by atoms with E-state index < -0.39 is 4.51 Å². The van der Waals surface area contributed by atoms with Crippen molar-refractivity contribution in [3.8, 4) is 5.75 Å². The predicted octanol–water partition coefficient (Wildman–Crippen LogP) is 5.07. The molecule has 1 unspecified atom stereocenters. The molecule has 0 fully saturated rings. The Balaban J connectivity index is 2.59. The number of benzene rings is 1. The number of hydrogen-bond donors (Lipinski definition) is 2. The fourth-order valence-corrected chi connectivity index (χ4v) is 4.55. The molecular weight excluding hydrogens is 496 g/mol. The minimum absolute atomic E-state index is 0.145. The highest BCUT2D eigenvalue weighted by molar-refractivity contribution is 9.12. The Bertz CT molecular complexity index is 561. The van der Waals surface area contributed by atoms with E-state index >= 15 is 0 Å². The molecule has 1 aromatic rings. The van der Waals surface area contributed by atoms with Crippen molar-refractivity contribution >= 4 is 69.3 Å². The lowest BCUT2D eigenvalue weighted by atomic mass is 9.97. The quantitative estimate of drug-likeness (QED) is 0.526. The maximum Gasteiger partial charge on any atom is 0.143 e. The first kappa shape index (κ1) is 14.8. The maximum atomic E-state index is 10.1. The maximum absolute atomic E-state index is 10.1. The van der Waals surface area contributed by atoms with Crippen LogP contribution in [0.5, 0.6) is 5.75 Å². The minimum atomic E-state index is -1.10. The van der Waals surface area contributed by atoms with Gasteiger partial charge in [-0.25, -0.2) is 0 Å². The van der Waals surface area contributed by atoms with Crippen molar-refractivity contribution in [3.63, 3.8) is 0 Å². The van der Waals surface area contributed by atoms with Gasteiger partial charge in [0.2, 0.25) is 0 Å². The Morgan fingerprint density at radius 3 is 2.44 bits per heavy atom. The second-order valence-electron chi connectivity index (χ2n) is 3.97. The Kier molecular flexibility index (Phi) is 4.44. The first-order valence-electron chi connectivity index (χ1n) is 4.97. The molecule has 1 aliphatic rings. The van der Waals surface area contributed by atoms with Crippen LogP contribution in [0.2, 0.25) is 0 Å². The molecule has 0 heterocycles. The third-order valence-corrected chi connectivity index (χ3v) is 4.53. The molecule has 0 aliphatic heterocycles. The molecule has 0 radical (unpaired) electrons. The van der Waals surface area contributed by atoms with Crippen LogP contribution in [0.15, 0.2) is 37.7 Å². The summed E-state index contributed by atoms with van der Waals surface area (Å²) in [7, 11) is 0. The van der Waals surface area contributed by atoms with E-state index in [4.69, 9.17) is 0 Å².